The fraction of sp³-hybridized carbons (Fsp3) is 0.889. The van der Waals surface area contributed by atoms with Gasteiger partial charge >= 0.3 is 0 Å². The Balaban J connectivity index is 2.14. The van der Waals surface area contributed by atoms with E-state index < -0.39 is 0 Å². The van der Waals surface area contributed by atoms with Crippen LogP contribution in [0, 0.1) is 5.92 Å². The van der Waals surface area contributed by atoms with Crippen molar-refractivity contribution in [3.63, 3.8) is 0 Å². The van der Waals surface area contributed by atoms with E-state index in [1.54, 1.807) is 7.11 Å². The third kappa shape index (κ3) is 3.32. The summed E-state index contributed by atoms with van der Waals surface area (Å²) >= 11 is 0. The highest BCUT2D eigenvalue weighted by Crippen LogP contribution is 2.15. The minimum absolute atomic E-state index is 0.0718. The molecule has 13 heavy (non-hydrogen) atoms. The first-order chi connectivity index (χ1) is 6.24. The van der Waals surface area contributed by atoms with Gasteiger partial charge in [0.25, 0.3) is 0 Å². The Morgan fingerprint density at radius 1 is 1.69 bits per heavy atom. The highest BCUT2D eigenvalue weighted by molar-refractivity contribution is 5.77. The maximum Gasteiger partial charge on any atom is 0.221 e. The number of hydrogen-bond acceptors (Lipinski definition) is 3. The Morgan fingerprint density at radius 2 is 2.46 bits per heavy atom. The van der Waals surface area contributed by atoms with E-state index >= 15 is 0 Å². The van der Waals surface area contributed by atoms with Crippen LogP contribution in [0.5, 0.6) is 0 Å². The van der Waals surface area contributed by atoms with E-state index in [9.17, 15) is 4.79 Å². The number of likely N-dealkylation sites (tertiary alicyclic amines) is 1. The van der Waals surface area contributed by atoms with E-state index in [1.807, 2.05) is 0 Å². The average molecular weight is 186 g/mol. The summed E-state index contributed by atoms with van der Waals surface area (Å²) in [4.78, 5) is 13.1. The normalized spacial score (nSPS) is 23.6. The lowest BCUT2D eigenvalue weighted by atomic mass is 10.1. The van der Waals surface area contributed by atoms with Gasteiger partial charge in [-0.15, -0.1) is 0 Å². The Labute approximate surface area is 79.0 Å². The average Bonchev–Trinajstić information content (AvgIpc) is 2.53. The van der Waals surface area contributed by atoms with Crippen LogP contribution in [0.1, 0.15) is 12.8 Å². The lowest BCUT2D eigenvalue weighted by Gasteiger charge is -2.14. The van der Waals surface area contributed by atoms with Crippen LogP contribution < -0.4 is 5.73 Å². The first-order valence-corrected chi connectivity index (χ1v) is 4.74. The van der Waals surface area contributed by atoms with Gasteiger partial charge in [-0.05, 0) is 19.4 Å². The van der Waals surface area contributed by atoms with Crippen LogP contribution in [0.25, 0.3) is 0 Å². The van der Waals surface area contributed by atoms with Gasteiger partial charge in [0.15, 0.2) is 0 Å². The molecule has 1 fully saturated rings. The molecular weight excluding hydrogens is 168 g/mol. The molecule has 4 nitrogen and oxygen atoms in total. The zero-order chi connectivity index (χ0) is 9.68. The molecule has 1 unspecified atom stereocenters. The molecule has 4 heteroatoms. The molecule has 0 aromatic carbocycles. The Bertz CT molecular complexity index is 173. The van der Waals surface area contributed by atoms with Gasteiger partial charge in [-0.25, -0.2) is 0 Å². The predicted octanol–water partition coefficient (Wildman–Crippen LogP) is -0.170. The summed E-state index contributed by atoms with van der Waals surface area (Å²) in [7, 11) is 1.70. The first kappa shape index (κ1) is 10.5. The molecule has 1 aliphatic rings. The molecule has 0 saturated carbocycles. The summed E-state index contributed by atoms with van der Waals surface area (Å²) < 4.78 is 4.96. The van der Waals surface area contributed by atoms with Crippen molar-refractivity contribution in [2.24, 2.45) is 11.7 Å². The van der Waals surface area contributed by atoms with Crippen LogP contribution in [-0.4, -0.2) is 44.2 Å². The van der Waals surface area contributed by atoms with Crippen LogP contribution >= 0.6 is 0 Å². The van der Waals surface area contributed by atoms with E-state index in [-0.39, 0.29) is 11.8 Å². The summed E-state index contributed by atoms with van der Waals surface area (Å²) in [5.41, 5.74) is 5.22. The quantitative estimate of drug-likeness (QED) is 0.606. The molecule has 2 N–H and O–H groups in total. The summed E-state index contributed by atoms with van der Waals surface area (Å²) in [6.07, 6.45) is 1.95. The Morgan fingerprint density at radius 3 is 3.00 bits per heavy atom. The number of nitrogens with two attached hydrogens (primary N) is 1. The molecule has 1 heterocycles. The minimum atomic E-state index is -0.158. The summed E-state index contributed by atoms with van der Waals surface area (Å²) in [5, 5.41) is 0. The summed E-state index contributed by atoms with van der Waals surface area (Å²) in [6.45, 7) is 3.63. The van der Waals surface area contributed by atoms with Crippen molar-refractivity contribution in [2.75, 3.05) is 33.4 Å². The van der Waals surface area contributed by atoms with Crippen molar-refractivity contribution in [1.29, 1.82) is 0 Å². The molecule has 1 rings (SSSR count). The smallest absolute Gasteiger partial charge is 0.221 e. The summed E-state index contributed by atoms with van der Waals surface area (Å²) in [5.74, 6) is -0.0863. The fourth-order valence-corrected chi connectivity index (χ4v) is 1.70. The standard InChI is InChI=1S/C9H18N2O2/c1-13-6-2-4-11-5-3-8(7-11)9(10)12/h8H,2-7H2,1H3,(H2,10,12). The Hall–Kier alpha value is -0.610. The topological polar surface area (TPSA) is 55.6 Å². The molecule has 0 radical (unpaired) electrons. The van der Waals surface area contributed by atoms with Crippen LogP contribution in [0.2, 0.25) is 0 Å². The third-order valence-corrected chi connectivity index (χ3v) is 2.50. The molecule has 0 spiro atoms. The fourth-order valence-electron chi connectivity index (χ4n) is 1.70. The van der Waals surface area contributed by atoms with Gasteiger partial charge in [-0.1, -0.05) is 0 Å². The number of carbonyl (C=O) groups excluding carboxylic acids is 1. The van der Waals surface area contributed by atoms with Crippen molar-refractivity contribution in [3.05, 3.63) is 0 Å². The van der Waals surface area contributed by atoms with Crippen molar-refractivity contribution < 1.29 is 9.53 Å². The molecule has 76 valence electrons. The van der Waals surface area contributed by atoms with Crippen molar-refractivity contribution in [3.8, 4) is 0 Å². The van der Waals surface area contributed by atoms with Crippen LogP contribution in [0.15, 0.2) is 0 Å². The zero-order valence-corrected chi connectivity index (χ0v) is 8.16. The van der Waals surface area contributed by atoms with Crippen molar-refractivity contribution in [2.45, 2.75) is 12.8 Å². The van der Waals surface area contributed by atoms with Crippen molar-refractivity contribution >= 4 is 5.91 Å². The number of ether oxygens (including phenoxy) is 1. The van der Waals surface area contributed by atoms with Gasteiger partial charge in [-0.2, -0.15) is 0 Å². The van der Waals surface area contributed by atoms with Crippen molar-refractivity contribution in [1.82, 2.24) is 4.90 Å². The second kappa shape index (κ2) is 5.19. The molecule has 1 saturated heterocycles. The number of methoxy groups -OCH3 is 1. The van der Waals surface area contributed by atoms with Gasteiger partial charge in [0, 0.05) is 26.8 Å². The van der Waals surface area contributed by atoms with Gasteiger partial charge in [0.1, 0.15) is 0 Å². The molecule has 0 aromatic rings. The largest absolute Gasteiger partial charge is 0.385 e. The maximum atomic E-state index is 10.8. The lowest BCUT2D eigenvalue weighted by Crippen LogP contribution is -2.28. The van der Waals surface area contributed by atoms with Gasteiger partial charge in [-0.3, -0.25) is 4.79 Å². The minimum Gasteiger partial charge on any atom is -0.385 e. The predicted molar refractivity (Wildman–Crippen MR) is 50.2 cm³/mol. The monoisotopic (exact) mass is 186 g/mol. The summed E-state index contributed by atoms with van der Waals surface area (Å²) in [6, 6.07) is 0. The molecule has 0 aromatic heterocycles. The van der Waals surface area contributed by atoms with Crippen LogP contribution in [0.4, 0.5) is 0 Å². The van der Waals surface area contributed by atoms with E-state index in [2.05, 4.69) is 4.90 Å². The van der Waals surface area contributed by atoms with Gasteiger partial charge in [0.2, 0.25) is 5.91 Å². The number of nitrogens with zero attached hydrogens (tertiary/aromatic N) is 1. The van der Waals surface area contributed by atoms with E-state index in [4.69, 9.17) is 10.5 Å². The second-order valence-corrected chi connectivity index (χ2v) is 3.53. The number of primary amides is 1. The maximum absolute atomic E-state index is 10.8. The molecule has 0 bridgehead atoms. The number of hydrogen-bond donors (Lipinski definition) is 1. The van der Waals surface area contributed by atoms with Crippen LogP contribution in [0.3, 0.4) is 0 Å². The first-order valence-electron chi connectivity index (χ1n) is 4.74. The van der Waals surface area contributed by atoms with Gasteiger partial charge in [0.05, 0.1) is 5.92 Å². The molecule has 1 aliphatic heterocycles. The number of rotatable bonds is 5. The zero-order valence-electron chi connectivity index (χ0n) is 8.16. The number of carbonyl (C=O) groups is 1. The van der Waals surface area contributed by atoms with E-state index in [0.29, 0.717) is 0 Å². The highest BCUT2D eigenvalue weighted by Gasteiger charge is 2.25. The van der Waals surface area contributed by atoms with Crippen LogP contribution in [-0.2, 0) is 9.53 Å². The second-order valence-electron chi connectivity index (χ2n) is 3.53. The van der Waals surface area contributed by atoms with E-state index in [0.717, 1.165) is 39.1 Å². The molecule has 1 amide bonds. The number of amides is 1. The van der Waals surface area contributed by atoms with E-state index in [1.165, 1.54) is 0 Å². The van der Waals surface area contributed by atoms with Gasteiger partial charge < -0.3 is 15.4 Å². The Kier molecular flexibility index (Phi) is 4.18. The highest BCUT2D eigenvalue weighted by atomic mass is 16.5. The lowest BCUT2D eigenvalue weighted by molar-refractivity contribution is -0.121. The third-order valence-electron chi connectivity index (χ3n) is 2.50. The molecule has 0 aliphatic carbocycles. The molecular formula is C9H18N2O2. The SMILES string of the molecule is COCCCN1CCC(C(N)=O)C1. The molecule has 1 atom stereocenters.